The van der Waals surface area contributed by atoms with Gasteiger partial charge in [-0.3, -0.25) is 0 Å². The van der Waals surface area contributed by atoms with Gasteiger partial charge >= 0.3 is 0 Å². The van der Waals surface area contributed by atoms with E-state index in [1.807, 2.05) is 12.1 Å². The summed E-state index contributed by atoms with van der Waals surface area (Å²) < 4.78 is 10.8. The van der Waals surface area contributed by atoms with Crippen LogP contribution in [0.4, 0.5) is 0 Å². The third-order valence-corrected chi connectivity index (χ3v) is 3.32. The smallest absolute Gasteiger partial charge is 0.230 e. The van der Waals surface area contributed by atoms with Crippen LogP contribution >= 0.6 is 0 Å². The summed E-state index contributed by atoms with van der Waals surface area (Å²) in [6.45, 7) is 0.776. The van der Waals surface area contributed by atoms with E-state index in [0.29, 0.717) is 11.7 Å². The number of fused-ring (bicyclic) bond motifs is 1. The zero-order valence-corrected chi connectivity index (χ0v) is 9.35. The lowest BCUT2D eigenvalue weighted by Gasteiger charge is -1.99. The second-order valence-electron chi connectivity index (χ2n) is 4.65. The van der Waals surface area contributed by atoms with E-state index < -0.39 is 0 Å². The monoisotopic (exact) mass is 228 g/mol. The van der Waals surface area contributed by atoms with E-state index in [1.54, 1.807) is 0 Å². The predicted octanol–water partition coefficient (Wildman–Crippen LogP) is 2.55. The van der Waals surface area contributed by atoms with Crippen molar-refractivity contribution < 1.29 is 9.26 Å². The van der Waals surface area contributed by atoms with Crippen LogP contribution in [0.2, 0.25) is 0 Å². The number of hydrogen-bond donors (Lipinski definition) is 0. The minimum atomic E-state index is 0.502. The van der Waals surface area contributed by atoms with Gasteiger partial charge in [0.1, 0.15) is 5.75 Å². The Bertz CT molecular complexity index is 573. The van der Waals surface area contributed by atoms with Gasteiger partial charge in [-0.1, -0.05) is 17.3 Å². The standard InChI is InChI=1S/C13H12N2O2/c1-4-10(7-11-8(1)5-6-16-11)12-14-13(17-15-12)9-2-3-9/h1,4,7,9H,2-3,5-6H2. The average Bonchev–Trinajstić information content (AvgIpc) is 2.93. The van der Waals surface area contributed by atoms with Crippen LogP contribution in [0, 0.1) is 0 Å². The molecular weight excluding hydrogens is 216 g/mol. The molecule has 2 aromatic rings. The fraction of sp³-hybridized carbons (Fsp3) is 0.385. The number of nitrogens with zero attached hydrogens (tertiary/aromatic N) is 2. The minimum Gasteiger partial charge on any atom is -0.493 e. The van der Waals surface area contributed by atoms with Gasteiger partial charge < -0.3 is 9.26 Å². The summed E-state index contributed by atoms with van der Waals surface area (Å²) in [5, 5.41) is 4.03. The molecule has 17 heavy (non-hydrogen) atoms. The third-order valence-electron chi connectivity index (χ3n) is 3.32. The second kappa shape index (κ2) is 3.32. The molecule has 0 amide bonds. The molecular formula is C13H12N2O2. The van der Waals surface area contributed by atoms with Crippen molar-refractivity contribution in [2.24, 2.45) is 0 Å². The number of hydrogen-bond acceptors (Lipinski definition) is 4. The van der Waals surface area contributed by atoms with Crippen LogP contribution in [-0.2, 0) is 6.42 Å². The topological polar surface area (TPSA) is 48.2 Å². The molecule has 4 rings (SSSR count). The Balaban J connectivity index is 1.72. The molecule has 4 heteroatoms. The Labute approximate surface area is 98.6 Å². The molecule has 1 aromatic heterocycles. The molecule has 0 saturated heterocycles. The first-order chi connectivity index (χ1) is 8.40. The van der Waals surface area contributed by atoms with Crippen LogP contribution in [0.25, 0.3) is 11.4 Å². The summed E-state index contributed by atoms with van der Waals surface area (Å²) in [4.78, 5) is 4.43. The van der Waals surface area contributed by atoms with Gasteiger partial charge in [0.25, 0.3) is 0 Å². The summed E-state index contributed by atoms with van der Waals surface area (Å²) in [7, 11) is 0. The van der Waals surface area contributed by atoms with Crippen LogP contribution in [0.1, 0.15) is 30.2 Å². The lowest BCUT2D eigenvalue weighted by molar-refractivity contribution is 0.357. The summed E-state index contributed by atoms with van der Waals surface area (Å²) in [6.07, 6.45) is 3.35. The molecule has 0 radical (unpaired) electrons. The lowest BCUT2D eigenvalue weighted by Crippen LogP contribution is -1.86. The van der Waals surface area contributed by atoms with Crippen LogP contribution in [0.15, 0.2) is 22.7 Å². The highest BCUT2D eigenvalue weighted by Gasteiger charge is 2.29. The van der Waals surface area contributed by atoms with E-state index in [4.69, 9.17) is 9.26 Å². The van der Waals surface area contributed by atoms with Crippen molar-refractivity contribution in [3.63, 3.8) is 0 Å². The molecule has 0 unspecified atom stereocenters. The van der Waals surface area contributed by atoms with Gasteiger partial charge in [0.05, 0.1) is 6.61 Å². The van der Waals surface area contributed by atoms with Crippen molar-refractivity contribution in [2.45, 2.75) is 25.2 Å². The summed E-state index contributed by atoms with van der Waals surface area (Å²) in [6, 6.07) is 6.13. The molecule has 0 N–H and O–H groups in total. The summed E-state index contributed by atoms with van der Waals surface area (Å²) in [5.41, 5.74) is 2.24. The maximum Gasteiger partial charge on any atom is 0.230 e. The van der Waals surface area contributed by atoms with Gasteiger partial charge in [-0.2, -0.15) is 4.98 Å². The van der Waals surface area contributed by atoms with Crippen molar-refractivity contribution in [1.29, 1.82) is 0 Å². The number of benzene rings is 1. The van der Waals surface area contributed by atoms with Crippen LogP contribution in [0.5, 0.6) is 5.75 Å². The van der Waals surface area contributed by atoms with Crippen molar-refractivity contribution in [1.82, 2.24) is 10.1 Å². The zero-order chi connectivity index (χ0) is 11.2. The van der Waals surface area contributed by atoms with E-state index in [2.05, 4.69) is 16.2 Å². The quantitative estimate of drug-likeness (QED) is 0.792. The summed E-state index contributed by atoms with van der Waals surface area (Å²) >= 11 is 0. The molecule has 0 bridgehead atoms. The molecule has 1 saturated carbocycles. The molecule has 2 heterocycles. The van der Waals surface area contributed by atoms with Crippen molar-refractivity contribution >= 4 is 0 Å². The first-order valence-corrected chi connectivity index (χ1v) is 6.00. The lowest BCUT2D eigenvalue weighted by atomic mass is 10.1. The van der Waals surface area contributed by atoms with Crippen LogP contribution in [-0.4, -0.2) is 16.7 Å². The molecule has 0 atom stereocenters. The first-order valence-electron chi connectivity index (χ1n) is 6.00. The molecule has 4 nitrogen and oxygen atoms in total. The highest BCUT2D eigenvalue weighted by atomic mass is 16.5. The second-order valence-corrected chi connectivity index (χ2v) is 4.65. The highest BCUT2D eigenvalue weighted by Crippen LogP contribution is 2.39. The third kappa shape index (κ3) is 1.52. The Kier molecular flexibility index (Phi) is 1.80. The minimum absolute atomic E-state index is 0.502. The number of ether oxygens (including phenoxy) is 1. The van der Waals surface area contributed by atoms with E-state index in [-0.39, 0.29) is 0 Å². The van der Waals surface area contributed by atoms with Gasteiger partial charge in [0.2, 0.25) is 11.7 Å². The Morgan fingerprint density at radius 3 is 3.06 bits per heavy atom. The molecule has 1 aliphatic carbocycles. The normalized spacial score (nSPS) is 17.9. The van der Waals surface area contributed by atoms with Crippen molar-refractivity contribution in [2.75, 3.05) is 6.61 Å². The Morgan fingerprint density at radius 1 is 1.24 bits per heavy atom. The van der Waals surface area contributed by atoms with E-state index in [9.17, 15) is 0 Å². The van der Waals surface area contributed by atoms with Crippen molar-refractivity contribution in [3.8, 4) is 17.1 Å². The number of rotatable bonds is 2. The molecule has 2 aliphatic rings. The zero-order valence-electron chi connectivity index (χ0n) is 9.35. The van der Waals surface area contributed by atoms with E-state index in [0.717, 1.165) is 30.2 Å². The average molecular weight is 228 g/mol. The van der Waals surface area contributed by atoms with E-state index in [1.165, 1.54) is 18.4 Å². The Hall–Kier alpha value is -1.84. The SMILES string of the molecule is c1cc2c(cc1-c1noc(C3CC3)n1)OCC2. The van der Waals surface area contributed by atoms with Gasteiger partial charge in [-0.25, -0.2) is 0 Å². The van der Waals surface area contributed by atoms with Gasteiger partial charge in [-0.05, 0) is 24.5 Å². The fourth-order valence-corrected chi connectivity index (χ4v) is 2.15. The van der Waals surface area contributed by atoms with Gasteiger partial charge in [-0.15, -0.1) is 0 Å². The maximum atomic E-state index is 5.54. The number of aromatic nitrogens is 2. The molecule has 1 aliphatic heterocycles. The first kappa shape index (κ1) is 9.22. The maximum absolute atomic E-state index is 5.54. The largest absolute Gasteiger partial charge is 0.493 e. The summed E-state index contributed by atoms with van der Waals surface area (Å²) in [5.74, 6) is 2.91. The fourth-order valence-electron chi connectivity index (χ4n) is 2.15. The van der Waals surface area contributed by atoms with Gasteiger partial charge in [0.15, 0.2) is 0 Å². The van der Waals surface area contributed by atoms with Crippen molar-refractivity contribution in [3.05, 3.63) is 29.7 Å². The predicted molar refractivity (Wildman–Crippen MR) is 60.9 cm³/mol. The van der Waals surface area contributed by atoms with Crippen LogP contribution in [0.3, 0.4) is 0 Å². The molecule has 86 valence electrons. The van der Waals surface area contributed by atoms with Crippen LogP contribution < -0.4 is 4.74 Å². The van der Waals surface area contributed by atoms with E-state index >= 15 is 0 Å². The molecule has 1 fully saturated rings. The van der Waals surface area contributed by atoms with Gasteiger partial charge in [0, 0.05) is 17.9 Å². The molecule has 1 aromatic carbocycles. The highest BCUT2D eigenvalue weighted by molar-refractivity contribution is 5.59. The Morgan fingerprint density at radius 2 is 2.18 bits per heavy atom. The molecule has 0 spiro atoms.